The van der Waals surface area contributed by atoms with Gasteiger partial charge in [-0.2, -0.15) is 5.10 Å². The number of rotatable bonds is 3. The molecule has 104 valence electrons. The molecule has 1 aromatic heterocycles. The lowest BCUT2D eigenvalue weighted by Gasteiger charge is -2.03. The molecule has 0 fully saturated rings. The second kappa shape index (κ2) is 5.16. The molecule has 0 saturated heterocycles. The topological polar surface area (TPSA) is 61.0 Å². The minimum atomic E-state index is -0.688. The van der Waals surface area contributed by atoms with Crippen molar-refractivity contribution in [3.63, 3.8) is 0 Å². The normalized spacial score (nSPS) is 10.5. The Balaban J connectivity index is 1.99. The third-order valence-corrected chi connectivity index (χ3v) is 3.05. The molecule has 0 amide bonds. The maximum Gasteiger partial charge on any atom is 0.272 e. The van der Waals surface area contributed by atoms with Gasteiger partial charge in [-0.25, -0.2) is 9.07 Å². The summed E-state index contributed by atoms with van der Waals surface area (Å²) in [5.74, 6) is -0.688. The van der Waals surface area contributed by atoms with Gasteiger partial charge in [0.25, 0.3) is 5.69 Å². The van der Waals surface area contributed by atoms with Gasteiger partial charge in [0.2, 0.25) is 0 Å². The van der Waals surface area contributed by atoms with Crippen LogP contribution >= 0.6 is 0 Å². The van der Waals surface area contributed by atoms with Crippen molar-refractivity contribution in [2.24, 2.45) is 0 Å². The van der Waals surface area contributed by atoms with Gasteiger partial charge < -0.3 is 0 Å². The van der Waals surface area contributed by atoms with Gasteiger partial charge in [0.15, 0.2) is 5.82 Å². The number of nitro benzene ring substituents is 1. The predicted octanol–water partition coefficient (Wildman–Crippen LogP) is 3.59. The molecule has 21 heavy (non-hydrogen) atoms. The highest BCUT2D eigenvalue weighted by Crippen LogP contribution is 2.22. The minimum absolute atomic E-state index is 0.169. The van der Waals surface area contributed by atoms with Gasteiger partial charge in [0.05, 0.1) is 16.7 Å². The molecular weight excluding hydrogens is 273 g/mol. The zero-order chi connectivity index (χ0) is 14.8. The van der Waals surface area contributed by atoms with Crippen LogP contribution in [-0.4, -0.2) is 14.7 Å². The Labute approximate surface area is 119 Å². The van der Waals surface area contributed by atoms with Crippen molar-refractivity contribution in [3.8, 4) is 16.9 Å². The molecule has 1 heterocycles. The number of benzene rings is 2. The highest BCUT2D eigenvalue weighted by Gasteiger charge is 2.13. The molecule has 0 saturated carbocycles. The number of nitrogens with zero attached hydrogens (tertiary/aromatic N) is 3. The first-order valence-electron chi connectivity index (χ1n) is 6.20. The lowest BCUT2D eigenvalue weighted by Crippen LogP contribution is -2.00. The molecule has 0 radical (unpaired) electrons. The Bertz CT molecular complexity index is 800. The van der Waals surface area contributed by atoms with Gasteiger partial charge in [0, 0.05) is 17.8 Å². The van der Waals surface area contributed by atoms with E-state index < -0.39 is 10.7 Å². The average Bonchev–Trinajstić information content (AvgIpc) is 2.97. The second-order valence-electron chi connectivity index (χ2n) is 4.40. The van der Waals surface area contributed by atoms with Crippen LogP contribution in [0.2, 0.25) is 0 Å². The number of aromatic nitrogens is 2. The average molecular weight is 283 g/mol. The molecule has 6 heteroatoms. The summed E-state index contributed by atoms with van der Waals surface area (Å²) in [6.07, 6.45) is 1.62. The zero-order valence-electron chi connectivity index (χ0n) is 10.8. The third-order valence-electron chi connectivity index (χ3n) is 3.05. The largest absolute Gasteiger partial charge is 0.272 e. The Morgan fingerprint density at radius 3 is 2.52 bits per heavy atom. The molecule has 0 N–H and O–H groups in total. The quantitative estimate of drug-likeness (QED) is 0.545. The Morgan fingerprint density at radius 1 is 1.10 bits per heavy atom. The summed E-state index contributed by atoms with van der Waals surface area (Å²) in [5.41, 5.74) is 1.50. The fraction of sp³-hybridized carbons (Fsp3) is 0. The van der Waals surface area contributed by atoms with E-state index in [1.165, 1.54) is 16.8 Å². The predicted molar refractivity (Wildman–Crippen MR) is 75.6 cm³/mol. The SMILES string of the molecule is O=[N+]([O-])c1ccc(-n2ccc(-c3ccccc3)n2)c(F)c1. The lowest BCUT2D eigenvalue weighted by molar-refractivity contribution is -0.385. The lowest BCUT2D eigenvalue weighted by atomic mass is 10.2. The van der Waals surface area contributed by atoms with Gasteiger partial charge in [-0.1, -0.05) is 30.3 Å². The van der Waals surface area contributed by atoms with E-state index in [4.69, 9.17) is 0 Å². The molecule has 0 bridgehead atoms. The van der Waals surface area contributed by atoms with Gasteiger partial charge in [-0.05, 0) is 12.1 Å². The van der Waals surface area contributed by atoms with Crippen LogP contribution in [0.4, 0.5) is 10.1 Å². The fourth-order valence-electron chi connectivity index (χ4n) is 2.02. The Kier molecular flexibility index (Phi) is 3.19. The van der Waals surface area contributed by atoms with Crippen molar-refractivity contribution < 1.29 is 9.31 Å². The standard InChI is InChI=1S/C15H10FN3O2/c16-13-10-12(19(20)21)6-7-15(13)18-9-8-14(17-18)11-4-2-1-3-5-11/h1-10H. The van der Waals surface area contributed by atoms with Crippen LogP contribution in [-0.2, 0) is 0 Å². The first-order chi connectivity index (χ1) is 10.1. The van der Waals surface area contributed by atoms with E-state index in [0.29, 0.717) is 5.69 Å². The van der Waals surface area contributed by atoms with Crippen LogP contribution in [0.3, 0.4) is 0 Å². The van der Waals surface area contributed by atoms with Crippen molar-refractivity contribution in [2.75, 3.05) is 0 Å². The molecule has 0 atom stereocenters. The molecule has 2 aromatic carbocycles. The molecular formula is C15H10FN3O2. The number of halogens is 1. The molecule has 0 aliphatic carbocycles. The Hall–Kier alpha value is -3.02. The summed E-state index contributed by atoms with van der Waals surface area (Å²) in [5, 5.41) is 14.9. The van der Waals surface area contributed by atoms with E-state index in [1.807, 2.05) is 30.3 Å². The maximum atomic E-state index is 13.9. The van der Waals surface area contributed by atoms with Gasteiger partial charge in [0.1, 0.15) is 5.69 Å². The molecule has 0 aliphatic rings. The first-order valence-corrected chi connectivity index (χ1v) is 6.20. The van der Waals surface area contributed by atoms with Crippen LogP contribution in [0.25, 0.3) is 16.9 Å². The van der Waals surface area contributed by atoms with Crippen LogP contribution in [0.5, 0.6) is 0 Å². The summed E-state index contributed by atoms with van der Waals surface area (Å²) in [6.45, 7) is 0. The number of nitro groups is 1. The fourth-order valence-corrected chi connectivity index (χ4v) is 2.02. The summed E-state index contributed by atoms with van der Waals surface area (Å²) >= 11 is 0. The number of hydrogen-bond acceptors (Lipinski definition) is 3. The van der Waals surface area contributed by atoms with Crippen molar-refractivity contribution in [1.82, 2.24) is 9.78 Å². The number of hydrogen-bond donors (Lipinski definition) is 0. The third kappa shape index (κ3) is 2.51. The second-order valence-corrected chi connectivity index (χ2v) is 4.40. The highest BCUT2D eigenvalue weighted by molar-refractivity contribution is 5.58. The van der Waals surface area contributed by atoms with E-state index in [1.54, 1.807) is 12.3 Å². The zero-order valence-corrected chi connectivity index (χ0v) is 10.8. The van der Waals surface area contributed by atoms with Crippen molar-refractivity contribution >= 4 is 5.69 Å². The Morgan fingerprint density at radius 2 is 1.86 bits per heavy atom. The van der Waals surface area contributed by atoms with Crippen molar-refractivity contribution in [1.29, 1.82) is 0 Å². The summed E-state index contributed by atoms with van der Waals surface area (Å²) in [7, 11) is 0. The molecule has 0 unspecified atom stereocenters. The van der Waals surface area contributed by atoms with Crippen LogP contribution in [0.15, 0.2) is 60.8 Å². The molecule has 0 aliphatic heterocycles. The minimum Gasteiger partial charge on any atom is -0.258 e. The van der Waals surface area contributed by atoms with Gasteiger partial charge in [-0.15, -0.1) is 0 Å². The van der Waals surface area contributed by atoms with Gasteiger partial charge in [-0.3, -0.25) is 10.1 Å². The van der Waals surface area contributed by atoms with Crippen molar-refractivity contribution in [2.45, 2.75) is 0 Å². The highest BCUT2D eigenvalue weighted by atomic mass is 19.1. The van der Waals surface area contributed by atoms with E-state index >= 15 is 0 Å². The molecule has 0 spiro atoms. The smallest absolute Gasteiger partial charge is 0.258 e. The van der Waals surface area contributed by atoms with Gasteiger partial charge >= 0.3 is 0 Å². The van der Waals surface area contributed by atoms with Crippen LogP contribution in [0.1, 0.15) is 0 Å². The monoisotopic (exact) mass is 283 g/mol. The van der Waals surface area contributed by atoms with Crippen LogP contribution < -0.4 is 0 Å². The molecule has 5 nitrogen and oxygen atoms in total. The summed E-state index contributed by atoms with van der Waals surface area (Å²) in [4.78, 5) is 9.97. The maximum absolute atomic E-state index is 13.9. The summed E-state index contributed by atoms with van der Waals surface area (Å²) < 4.78 is 15.3. The van der Waals surface area contributed by atoms with E-state index in [9.17, 15) is 14.5 Å². The summed E-state index contributed by atoms with van der Waals surface area (Å²) in [6, 6.07) is 14.7. The van der Waals surface area contributed by atoms with E-state index in [0.717, 1.165) is 11.6 Å². The van der Waals surface area contributed by atoms with E-state index in [-0.39, 0.29) is 11.4 Å². The molecule has 3 rings (SSSR count). The first kappa shape index (κ1) is 13.0. The van der Waals surface area contributed by atoms with Crippen LogP contribution in [0, 0.1) is 15.9 Å². The molecule has 3 aromatic rings. The van der Waals surface area contributed by atoms with E-state index in [2.05, 4.69) is 5.10 Å². The number of non-ortho nitro benzene ring substituents is 1. The van der Waals surface area contributed by atoms with Crippen molar-refractivity contribution in [3.05, 3.63) is 76.7 Å².